The van der Waals surface area contributed by atoms with Gasteiger partial charge in [0.15, 0.2) is 5.82 Å². The Bertz CT molecular complexity index is 633. The lowest BCUT2D eigenvalue weighted by atomic mass is 10.0. The van der Waals surface area contributed by atoms with Crippen LogP contribution in [0.15, 0.2) is 24.4 Å². The predicted molar refractivity (Wildman–Crippen MR) is 85.6 cm³/mol. The van der Waals surface area contributed by atoms with Crippen LogP contribution < -0.4 is 10.6 Å². The minimum Gasteiger partial charge on any atom is -0.355 e. The van der Waals surface area contributed by atoms with Gasteiger partial charge in [-0.2, -0.15) is 0 Å². The van der Waals surface area contributed by atoms with E-state index in [4.69, 9.17) is 10.7 Å². The maximum Gasteiger partial charge on any atom is 0.151 e. The summed E-state index contributed by atoms with van der Waals surface area (Å²) >= 11 is 0. The summed E-state index contributed by atoms with van der Waals surface area (Å²) < 4.78 is 2.22. The molecule has 2 N–H and O–H groups in total. The molecule has 2 aromatic rings. The van der Waals surface area contributed by atoms with Gasteiger partial charge in [-0.25, -0.2) is 4.98 Å². The van der Waals surface area contributed by atoms with E-state index in [2.05, 4.69) is 40.6 Å². The fourth-order valence-electron chi connectivity index (χ4n) is 4.19. The summed E-state index contributed by atoms with van der Waals surface area (Å²) in [4.78, 5) is 7.42. The van der Waals surface area contributed by atoms with Gasteiger partial charge < -0.3 is 15.0 Å². The SMILES string of the molecule is CC(N)Cc1c(N2CC3CCCC3C2)nc2ccccn12. The van der Waals surface area contributed by atoms with Gasteiger partial charge in [-0.15, -0.1) is 0 Å². The highest BCUT2D eigenvalue weighted by molar-refractivity contribution is 5.57. The van der Waals surface area contributed by atoms with Crippen molar-refractivity contribution in [2.45, 2.75) is 38.6 Å². The van der Waals surface area contributed by atoms with Gasteiger partial charge in [-0.1, -0.05) is 12.5 Å². The van der Waals surface area contributed by atoms with Crippen LogP contribution in [0.5, 0.6) is 0 Å². The van der Waals surface area contributed by atoms with Crippen molar-refractivity contribution < 1.29 is 0 Å². The van der Waals surface area contributed by atoms with E-state index in [9.17, 15) is 0 Å². The fourth-order valence-corrected chi connectivity index (χ4v) is 4.19. The first-order valence-corrected chi connectivity index (χ1v) is 8.19. The lowest BCUT2D eigenvalue weighted by Gasteiger charge is -2.19. The molecule has 1 aliphatic carbocycles. The van der Waals surface area contributed by atoms with Crippen molar-refractivity contribution in [3.8, 4) is 0 Å². The molecule has 1 aliphatic heterocycles. The number of anilines is 1. The highest BCUT2D eigenvalue weighted by Crippen LogP contribution is 2.40. The highest BCUT2D eigenvalue weighted by Gasteiger charge is 2.37. The zero-order chi connectivity index (χ0) is 14.4. The first kappa shape index (κ1) is 13.1. The largest absolute Gasteiger partial charge is 0.355 e. The lowest BCUT2D eigenvalue weighted by molar-refractivity contribution is 0.494. The van der Waals surface area contributed by atoms with Gasteiger partial charge in [0.1, 0.15) is 5.65 Å². The molecule has 4 nitrogen and oxygen atoms in total. The molecule has 3 heterocycles. The molecule has 0 radical (unpaired) electrons. The molecule has 0 bridgehead atoms. The fraction of sp³-hybridized carbons (Fsp3) is 0.588. The molecule has 2 aliphatic rings. The summed E-state index contributed by atoms with van der Waals surface area (Å²) in [6.45, 7) is 4.44. The number of hydrogen-bond acceptors (Lipinski definition) is 3. The van der Waals surface area contributed by atoms with Crippen molar-refractivity contribution >= 4 is 11.5 Å². The van der Waals surface area contributed by atoms with Gasteiger partial charge >= 0.3 is 0 Å². The van der Waals surface area contributed by atoms with E-state index < -0.39 is 0 Å². The topological polar surface area (TPSA) is 46.6 Å². The number of nitrogens with zero attached hydrogens (tertiary/aromatic N) is 3. The molecule has 0 spiro atoms. The summed E-state index contributed by atoms with van der Waals surface area (Å²) in [6.07, 6.45) is 7.21. The van der Waals surface area contributed by atoms with Gasteiger partial charge in [0, 0.05) is 31.7 Å². The van der Waals surface area contributed by atoms with E-state index >= 15 is 0 Å². The van der Waals surface area contributed by atoms with Crippen LogP contribution in [0.3, 0.4) is 0 Å². The molecule has 4 rings (SSSR count). The minimum atomic E-state index is 0.158. The molecule has 2 aromatic heterocycles. The van der Waals surface area contributed by atoms with Crippen LogP contribution in [0.4, 0.5) is 5.82 Å². The minimum absolute atomic E-state index is 0.158. The van der Waals surface area contributed by atoms with Crippen LogP contribution in [-0.4, -0.2) is 28.5 Å². The molecular formula is C17H24N4. The normalized spacial score (nSPS) is 26.5. The van der Waals surface area contributed by atoms with E-state index in [1.807, 2.05) is 0 Å². The van der Waals surface area contributed by atoms with Crippen LogP contribution in [0.1, 0.15) is 31.9 Å². The van der Waals surface area contributed by atoms with Crippen molar-refractivity contribution in [1.82, 2.24) is 9.38 Å². The monoisotopic (exact) mass is 284 g/mol. The Labute approximate surface area is 126 Å². The zero-order valence-electron chi connectivity index (χ0n) is 12.7. The van der Waals surface area contributed by atoms with Crippen molar-refractivity contribution in [2.75, 3.05) is 18.0 Å². The lowest BCUT2D eigenvalue weighted by Crippen LogP contribution is -2.25. The predicted octanol–water partition coefficient (Wildman–Crippen LogP) is 2.46. The maximum atomic E-state index is 6.07. The second kappa shape index (κ2) is 5.02. The van der Waals surface area contributed by atoms with Crippen LogP contribution in [0, 0.1) is 11.8 Å². The third kappa shape index (κ3) is 2.22. The molecule has 4 heteroatoms. The third-order valence-corrected chi connectivity index (χ3v) is 5.15. The van der Waals surface area contributed by atoms with Gasteiger partial charge in [0.05, 0.1) is 5.69 Å². The Morgan fingerprint density at radius 3 is 2.76 bits per heavy atom. The van der Waals surface area contributed by atoms with Crippen molar-refractivity contribution in [3.63, 3.8) is 0 Å². The Morgan fingerprint density at radius 2 is 2.05 bits per heavy atom. The smallest absolute Gasteiger partial charge is 0.151 e. The molecule has 3 unspecified atom stereocenters. The van der Waals surface area contributed by atoms with E-state index in [0.29, 0.717) is 0 Å². The second-order valence-corrected chi connectivity index (χ2v) is 6.85. The quantitative estimate of drug-likeness (QED) is 0.942. The average Bonchev–Trinajstić information content (AvgIpc) is 3.11. The summed E-state index contributed by atoms with van der Waals surface area (Å²) in [5.41, 5.74) is 8.39. The number of rotatable bonds is 3. The number of imidazole rings is 1. The number of hydrogen-bond donors (Lipinski definition) is 1. The number of pyridine rings is 1. The second-order valence-electron chi connectivity index (χ2n) is 6.85. The van der Waals surface area contributed by atoms with E-state index in [1.54, 1.807) is 0 Å². The standard InChI is InChI=1S/C17H24N4/c1-12(18)9-15-17(19-16-7-2-3-8-21(15)16)20-10-13-5-4-6-14(13)11-20/h2-3,7-8,12-14H,4-6,9-11,18H2,1H3. The van der Waals surface area contributed by atoms with Crippen LogP contribution >= 0.6 is 0 Å². The number of aromatic nitrogens is 2. The summed E-state index contributed by atoms with van der Waals surface area (Å²) in [5, 5.41) is 0. The van der Waals surface area contributed by atoms with Gasteiger partial charge in [0.25, 0.3) is 0 Å². The van der Waals surface area contributed by atoms with Gasteiger partial charge in [-0.3, -0.25) is 0 Å². The Morgan fingerprint density at radius 1 is 1.29 bits per heavy atom. The van der Waals surface area contributed by atoms with Gasteiger partial charge in [-0.05, 0) is 43.7 Å². The third-order valence-electron chi connectivity index (χ3n) is 5.15. The first-order chi connectivity index (χ1) is 10.2. The van der Waals surface area contributed by atoms with E-state index in [-0.39, 0.29) is 6.04 Å². The highest BCUT2D eigenvalue weighted by atomic mass is 15.3. The Kier molecular flexibility index (Phi) is 3.14. The Hall–Kier alpha value is -1.55. The summed E-state index contributed by atoms with van der Waals surface area (Å²) in [7, 11) is 0. The molecule has 0 amide bonds. The molecule has 2 fully saturated rings. The van der Waals surface area contributed by atoms with Crippen molar-refractivity contribution in [2.24, 2.45) is 17.6 Å². The number of fused-ring (bicyclic) bond motifs is 2. The summed E-state index contributed by atoms with van der Waals surface area (Å²) in [5.74, 6) is 2.95. The van der Waals surface area contributed by atoms with Crippen molar-refractivity contribution in [1.29, 1.82) is 0 Å². The van der Waals surface area contributed by atoms with Crippen LogP contribution in [0.2, 0.25) is 0 Å². The molecule has 21 heavy (non-hydrogen) atoms. The van der Waals surface area contributed by atoms with Gasteiger partial charge in [0.2, 0.25) is 0 Å². The van der Waals surface area contributed by atoms with E-state index in [0.717, 1.165) is 23.9 Å². The van der Waals surface area contributed by atoms with Crippen molar-refractivity contribution in [3.05, 3.63) is 30.1 Å². The van der Waals surface area contributed by atoms with E-state index in [1.165, 1.54) is 43.9 Å². The molecule has 3 atom stereocenters. The maximum absolute atomic E-state index is 6.07. The molecule has 1 saturated heterocycles. The molecule has 1 saturated carbocycles. The average molecular weight is 284 g/mol. The summed E-state index contributed by atoms with van der Waals surface area (Å²) in [6, 6.07) is 6.37. The molecule has 0 aromatic carbocycles. The first-order valence-electron chi connectivity index (χ1n) is 8.19. The molecular weight excluding hydrogens is 260 g/mol. The van der Waals surface area contributed by atoms with Crippen LogP contribution in [-0.2, 0) is 6.42 Å². The zero-order valence-corrected chi connectivity index (χ0v) is 12.7. The number of nitrogens with two attached hydrogens (primary N) is 1. The Balaban J connectivity index is 1.73. The molecule has 112 valence electrons. The van der Waals surface area contributed by atoms with Crippen LogP contribution in [0.25, 0.3) is 5.65 Å².